The van der Waals surface area contributed by atoms with E-state index in [-0.39, 0.29) is 5.91 Å². The summed E-state index contributed by atoms with van der Waals surface area (Å²) in [6, 6.07) is 7.80. The van der Waals surface area contributed by atoms with E-state index >= 15 is 0 Å². The average molecular weight is 334 g/mol. The molecular weight excluding hydrogens is 312 g/mol. The smallest absolute Gasteiger partial charge is 0.289 e. The van der Waals surface area contributed by atoms with E-state index in [0.29, 0.717) is 18.1 Å². The number of amides is 1. The zero-order valence-corrected chi connectivity index (χ0v) is 14.2. The van der Waals surface area contributed by atoms with E-state index in [0.717, 1.165) is 39.1 Å². The lowest BCUT2D eigenvalue weighted by Gasteiger charge is -2.20. The van der Waals surface area contributed by atoms with Crippen LogP contribution >= 0.6 is 11.3 Å². The molecule has 3 heterocycles. The highest BCUT2D eigenvalue weighted by Crippen LogP contribution is 2.16. The molecule has 3 rings (SSSR count). The standard InChI is InChI=1S/C17H22N2O3S/c1-21-13-14-5-6-16(22-14)17(20)19-8-3-7-18(9-10-19)12-15-4-2-11-23-15/h2,4-6,11H,3,7-10,12-13H2,1H3. The Labute approximate surface area is 140 Å². The summed E-state index contributed by atoms with van der Waals surface area (Å²) >= 11 is 1.79. The third kappa shape index (κ3) is 4.22. The summed E-state index contributed by atoms with van der Waals surface area (Å²) in [6.07, 6.45) is 0.989. The monoisotopic (exact) mass is 334 g/mol. The number of nitrogens with zero attached hydrogens (tertiary/aromatic N) is 2. The maximum absolute atomic E-state index is 12.6. The van der Waals surface area contributed by atoms with Gasteiger partial charge in [-0.05, 0) is 30.0 Å². The van der Waals surface area contributed by atoms with Crippen LogP contribution in [-0.2, 0) is 17.9 Å². The molecule has 1 aliphatic heterocycles. The van der Waals surface area contributed by atoms with Crippen molar-refractivity contribution in [3.63, 3.8) is 0 Å². The van der Waals surface area contributed by atoms with Crippen LogP contribution in [0.1, 0.15) is 27.6 Å². The van der Waals surface area contributed by atoms with E-state index in [1.807, 2.05) is 4.90 Å². The lowest BCUT2D eigenvalue weighted by molar-refractivity contribution is 0.0721. The number of hydrogen-bond donors (Lipinski definition) is 0. The van der Waals surface area contributed by atoms with Crippen LogP contribution in [0.5, 0.6) is 0 Å². The molecule has 6 heteroatoms. The SMILES string of the molecule is COCc1ccc(C(=O)N2CCCN(Cc3cccs3)CC2)o1. The largest absolute Gasteiger partial charge is 0.453 e. The molecule has 1 saturated heterocycles. The highest BCUT2D eigenvalue weighted by Gasteiger charge is 2.22. The van der Waals surface area contributed by atoms with Crippen molar-refractivity contribution < 1.29 is 13.9 Å². The summed E-state index contributed by atoms with van der Waals surface area (Å²) in [7, 11) is 1.61. The summed E-state index contributed by atoms with van der Waals surface area (Å²) in [5.74, 6) is 1.07. The van der Waals surface area contributed by atoms with Gasteiger partial charge in [-0.3, -0.25) is 9.69 Å². The lowest BCUT2D eigenvalue weighted by Crippen LogP contribution is -2.34. The molecule has 0 radical (unpaired) electrons. The maximum atomic E-state index is 12.6. The molecule has 0 unspecified atom stereocenters. The van der Waals surface area contributed by atoms with E-state index in [1.165, 1.54) is 4.88 Å². The van der Waals surface area contributed by atoms with Gasteiger partial charge in [0.1, 0.15) is 12.4 Å². The van der Waals surface area contributed by atoms with Gasteiger partial charge < -0.3 is 14.1 Å². The van der Waals surface area contributed by atoms with Crippen LogP contribution in [0.3, 0.4) is 0 Å². The number of rotatable bonds is 5. The molecule has 2 aromatic rings. The number of furan rings is 1. The number of ether oxygens (including phenoxy) is 1. The van der Waals surface area contributed by atoms with Gasteiger partial charge in [0.15, 0.2) is 5.76 Å². The van der Waals surface area contributed by atoms with Crippen molar-refractivity contribution in [2.24, 2.45) is 0 Å². The third-order valence-electron chi connectivity index (χ3n) is 3.99. The number of carbonyl (C=O) groups excluding carboxylic acids is 1. The number of carbonyl (C=O) groups is 1. The second-order valence-electron chi connectivity index (χ2n) is 5.70. The van der Waals surface area contributed by atoms with Crippen LogP contribution in [0.2, 0.25) is 0 Å². The van der Waals surface area contributed by atoms with Gasteiger partial charge in [-0.15, -0.1) is 11.3 Å². The van der Waals surface area contributed by atoms with Crippen LogP contribution in [0.15, 0.2) is 34.1 Å². The van der Waals surface area contributed by atoms with Crippen molar-refractivity contribution in [2.45, 2.75) is 19.6 Å². The Bertz CT molecular complexity index is 624. The van der Waals surface area contributed by atoms with Crippen LogP contribution in [0.4, 0.5) is 0 Å². The molecular formula is C17H22N2O3S. The molecule has 23 heavy (non-hydrogen) atoms. The van der Waals surface area contributed by atoms with Gasteiger partial charge in [0.05, 0.1) is 0 Å². The summed E-state index contributed by atoms with van der Waals surface area (Å²) in [5.41, 5.74) is 0. The molecule has 0 bridgehead atoms. The Hall–Kier alpha value is -1.63. The number of methoxy groups -OCH3 is 1. The molecule has 1 aliphatic rings. The average Bonchev–Trinajstić information content (AvgIpc) is 3.16. The van der Waals surface area contributed by atoms with Crippen LogP contribution < -0.4 is 0 Å². The molecule has 1 amide bonds. The van der Waals surface area contributed by atoms with Gasteiger partial charge in [0.25, 0.3) is 5.91 Å². The summed E-state index contributed by atoms with van der Waals surface area (Å²) < 4.78 is 10.6. The van der Waals surface area contributed by atoms with Gasteiger partial charge in [-0.2, -0.15) is 0 Å². The van der Waals surface area contributed by atoms with Crippen LogP contribution in [0.25, 0.3) is 0 Å². The van der Waals surface area contributed by atoms with E-state index in [4.69, 9.17) is 9.15 Å². The minimum absolute atomic E-state index is 0.0228. The highest BCUT2D eigenvalue weighted by atomic mass is 32.1. The molecule has 0 atom stereocenters. The van der Waals surface area contributed by atoms with Gasteiger partial charge >= 0.3 is 0 Å². The van der Waals surface area contributed by atoms with E-state index < -0.39 is 0 Å². The van der Waals surface area contributed by atoms with Crippen molar-refractivity contribution in [3.8, 4) is 0 Å². The first-order chi connectivity index (χ1) is 11.3. The summed E-state index contributed by atoms with van der Waals surface area (Å²) in [5, 5.41) is 2.11. The Balaban J connectivity index is 1.57. The second-order valence-corrected chi connectivity index (χ2v) is 6.73. The molecule has 0 aromatic carbocycles. The molecule has 0 saturated carbocycles. The lowest BCUT2D eigenvalue weighted by atomic mass is 10.3. The Morgan fingerprint density at radius 3 is 2.96 bits per heavy atom. The first-order valence-electron chi connectivity index (χ1n) is 7.88. The van der Waals surface area contributed by atoms with Gasteiger partial charge in [-0.25, -0.2) is 0 Å². The third-order valence-corrected chi connectivity index (χ3v) is 4.86. The molecule has 0 aliphatic carbocycles. The second kappa shape index (κ2) is 7.77. The molecule has 124 valence electrons. The number of hydrogen-bond acceptors (Lipinski definition) is 5. The van der Waals surface area contributed by atoms with Gasteiger partial charge in [0, 0.05) is 44.7 Å². The minimum atomic E-state index is -0.0228. The predicted molar refractivity (Wildman–Crippen MR) is 89.5 cm³/mol. The topological polar surface area (TPSA) is 45.9 Å². The zero-order valence-electron chi connectivity index (χ0n) is 13.4. The van der Waals surface area contributed by atoms with Crippen molar-refractivity contribution in [1.82, 2.24) is 9.80 Å². The first kappa shape index (κ1) is 16.2. The predicted octanol–water partition coefficient (Wildman–Crippen LogP) is 2.84. The van der Waals surface area contributed by atoms with E-state index in [1.54, 1.807) is 30.6 Å². The van der Waals surface area contributed by atoms with E-state index in [9.17, 15) is 4.79 Å². The highest BCUT2D eigenvalue weighted by molar-refractivity contribution is 7.09. The van der Waals surface area contributed by atoms with E-state index in [2.05, 4.69) is 22.4 Å². The molecule has 5 nitrogen and oxygen atoms in total. The van der Waals surface area contributed by atoms with Gasteiger partial charge in [-0.1, -0.05) is 6.07 Å². The molecule has 1 fully saturated rings. The fourth-order valence-electron chi connectivity index (χ4n) is 2.82. The van der Waals surface area contributed by atoms with Crippen molar-refractivity contribution in [3.05, 3.63) is 46.0 Å². The molecule has 0 N–H and O–H groups in total. The van der Waals surface area contributed by atoms with Gasteiger partial charge in [0.2, 0.25) is 0 Å². The summed E-state index contributed by atoms with van der Waals surface area (Å²) in [4.78, 5) is 18.3. The molecule has 2 aromatic heterocycles. The molecule has 0 spiro atoms. The maximum Gasteiger partial charge on any atom is 0.289 e. The quantitative estimate of drug-likeness (QED) is 0.843. The fourth-order valence-corrected chi connectivity index (χ4v) is 3.57. The zero-order chi connectivity index (χ0) is 16.1. The van der Waals surface area contributed by atoms with Crippen molar-refractivity contribution >= 4 is 17.2 Å². The normalized spacial score (nSPS) is 16.5. The Morgan fingerprint density at radius 2 is 2.17 bits per heavy atom. The Kier molecular flexibility index (Phi) is 5.48. The minimum Gasteiger partial charge on any atom is -0.453 e. The first-order valence-corrected chi connectivity index (χ1v) is 8.76. The number of thiophene rings is 1. The fraction of sp³-hybridized carbons (Fsp3) is 0.471. The van der Waals surface area contributed by atoms with Crippen molar-refractivity contribution in [1.29, 1.82) is 0 Å². The summed E-state index contributed by atoms with van der Waals surface area (Å²) in [6.45, 7) is 4.80. The Morgan fingerprint density at radius 1 is 1.26 bits per heavy atom. The van der Waals surface area contributed by atoms with Crippen LogP contribution in [0, 0.1) is 0 Å². The van der Waals surface area contributed by atoms with Crippen LogP contribution in [-0.4, -0.2) is 49.0 Å². The van der Waals surface area contributed by atoms with Crippen molar-refractivity contribution in [2.75, 3.05) is 33.3 Å².